The van der Waals surface area contributed by atoms with Gasteiger partial charge < -0.3 is 4.74 Å². The number of carbonyl (C=O) groups is 2. The summed E-state index contributed by atoms with van der Waals surface area (Å²) >= 11 is 3.49. The molecule has 0 bridgehead atoms. The first-order valence-corrected chi connectivity index (χ1v) is 15.0. The predicted molar refractivity (Wildman–Crippen MR) is 151 cm³/mol. The quantitative estimate of drug-likeness (QED) is 0.211. The van der Waals surface area contributed by atoms with Crippen molar-refractivity contribution in [2.75, 3.05) is 27.1 Å². The Kier molecular flexibility index (Phi) is 9.66. The van der Waals surface area contributed by atoms with Crippen molar-refractivity contribution in [2.45, 2.75) is 65.0 Å². The fourth-order valence-corrected chi connectivity index (χ4v) is 5.56. The van der Waals surface area contributed by atoms with Crippen molar-refractivity contribution in [1.29, 1.82) is 0 Å². The summed E-state index contributed by atoms with van der Waals surface area (Å²) in [4.78, 5) is 24.3. The highest BCUT2D eigenvalue weighted by atomic mass is 79.9. The number of amides is 2. The number of unbranched alkanes of at least 4 members (excludes halogenated alkanes) is 3. The SMILES string of the molecule is CC(C)(C)OC(=O)N1c2ccc(Br)cc2CN1c1ccc(N(CCCCCCC(=O)NO)S(C)(=O)=O)cc1. The summed E-state index contributed by atoms with van der Waals surface area (Å²) in [5.41, 5.74) is 3.84. The molecular weight excluding hydrogens is 576 g/mol. The molecule has 3 rings (SSSR count). The minimum absolute atomic E-state index is 0.228. The van der Waals surface area contributed by atoms with Crippen molar-refractivity contribution in [3.8, 4) is 0 Å². The summed E-state index contributed by atoms with van der Waals surface area (Å²) in [6, 6.07) is 12.7. The van der Waals surface area contributed by atoms with Crippen molar-refractivity contribution in [3.63, 3.8) is 0 Å². The Bertz CT molecular complexity index is 1250. The lowest BCUT2D eigenvalue weighted by atomic mass is 10.1. The van der Waals surface area contributed by atoms with E-state index in [0.717, 1.165) is 28.6 Å². The minimum atomic E-state index is -3.52. The van der Waals surface area contributed by atoms with E-state index in [0.29, 0.717) is 37.3 Å². The van der Waals surface area contributed by atoms with Crippen LogP contribution in [0.1, 0.15) is 58.4 Å². The van der Waals surface area contributed by atoms with Crippen molar-refractivity contribution < 1.29 is 28.0 Å². The third-order valence-corrected chi connectivity index (χ3v) is 7.56. The standard InChI is InChI=1S/C26H35BrN4O6S/c1-26(2,3)37-25(33)31-23-15-10-20(27)17-19(23)18-29(31)21-11-13-22(14-12-21)30(38(4,35)36)16-8-6-5-7-9-24(32)28-34/h10-15,17,34H,5-9,16,18H2,1-4H3,(H,28,32). The maximum Gasteiger partial charge on any atom is 0.434 e. The van der Waals surface area contributed by atoms with Crippen LogP contribution in [0, 0.1) is 0 Å². The molecule has 12 heteroatoms. The van der Waals surface area contributed by atoms with Gasteiger partial charge in [0.05, 0.1) is 29.9 Å². The number of nitrogens with zero attached hydrogens (tertiary/aromatic N) is 3. The van der Waals surface area contributed by atoms with E-state index in [1.54, 1.807) is 29.7 Å². The highest BCUT2D eigenvalue weighted by molar-refractivity contribution is 9.10. The van der Waals surface area contributed by atoms with E-state index in [4.69, 9.17) is 9.94 Å². The topological polar surface area (TPSA) is 119 Å². The largest absolute Gasteiger partial charge is 0.442 e. The first-order chi connectivity index (χ1) is 17.8. The van der Waals surface area contributed by atoms with Crippen LogP contribution in [0.3, 0.4) is 0 Å². The summed E-state index contributed by atoms with van der Waals surface area (Å²) in [5, 5.41) is 11.9. The fourth-order valence-electron chi connectivity index (χ4n) is 4.19. The van der Waals surface area contributed by atoms with Crippen molar-refractivity contribution >= 4 is 55.0 Å². The van der Waals surface area contributed by atoms with Crippen LogP contribution < -0.4 is 19.8 Å². The van der Waals surface area contributed by atoms with Crippen LogP contribution >= 0.6 is 15.9 Å². The zero-order valence-corrected chi connectivity index (χ0v) is 24.5. The van der Waals surface area contributed by atoms with Gasteiger partial charge in [0.15, 0.2) is 0 Å². The number of anilines is 3. The van der Waals surface area contributed by atoms with Gasteiger partial charge in [-0.05, 0) is 76.1 Å². The Labute approximate surface area is 232 Å². The number of rotatable bonds is 10. The van der Waals surface area contributed by atoms with Crippen LogP contribution in [-0.4, -0.2) is 44.0 Å². The Hall–Kier alpha value is -2.83. The summed E-state index contributed by atoms with van der Waals surface area (Å²) < 4.78 is 33.0. The molecule has 0 saturated carbocycles. The molecule has 2 aromatic carbocycles. The van der Waals surface area contributed by atoms with Crippen molar-refractivity contribution in [3.05, 3.63) is 52.5 Å². The molecule has 10 nitrogen and oxygen atoms in total. The maximum atomic E-state index is 13.2. The summed E-state index contributed by atoms with van der Waals surface area (Å²) in [5.74, 6) is -0.429. The molecule has 208 valence electrons. The zero-order chi connectivity index (χ0) is 28.1. The number of hydroxylamine groups is 1. The number of halogens is 1. The van der Waals surface area contributed by atoms with Crippen LogP contribution in [0.5, 0.6) is 0 Å². The number of ether oxygens (including phenoxy) is 1. The van der Waals surface area contributed by atoms with Gasteiger partial charge in [0, 0.05) is 23.0 Å². The van der Waals surface area contributed by atoms with E-state index in [9.17, 15) is 18.0 Å². The Morgan fingerprint density at radius 2 is 1.74 bits per heavy atom. The zero-order valence-electron chi connectivity index (χ0n) is 22.1. The first kappa shape index (κ1) is 29.7. The van der Waals surface area contributed by atoms with Crippen LogP contribution in [0.25, 0.3) is 0 Å². The molecule has 1 aliphatic heterocycles. The predicted octanol–water partition coefficient (Wildman–Crippen LogP) is 5.35. The molecule has 2 aromatic rings. The van der Waals surface area contributed by atoms with E-state index in [1.165, 1.54) is 15.6 Å². The van der Waals surface area contributed by atoms with Gasteiger partial charge in [-0.1, -0.05) is 28.8 Å². The lowest BCUT2D eigenvalue weighted by Crippen LogP contribution is -2.45. The van der Waals surface area contributed by atoms with E-state index in [-0.39, 0.29) is 6.42 Å². The van der Waals surface area contributed by atoms with E-state index >= 15 is 0 Å². The van der Waals surface area contributed by atoms with Gasteiger partial charge >= 0.3 is 6.09 Å². The second kappa shape index (κ2) is 12.4. The molecule has 0 radical (unpaired) electrons. The first-order valence-electron chi connectivity index (χ1n) is 12.4. The number of benzene rings is 2. The minimum Gasteiger partial charge on any atom is -0.442 e. The normalized spacial score (nSPS) is 13.3. The second-order valence-electron chi connectivity index (χ2n) is 10.2. The number of sulfonamides is 1. The molecule has 1 aliphatic rings. The Morgan fingerprint density at radius 3 is 2.34 bits per heavy atom. The van der Waals surface area contributed by atoms with Gasteiger partial charge in [-0.15, -0.1) is 0 Å². The fraction of sp³-hybridized carbons (Fsp3) is 0.462. The van der Waals surface area contributed by atoms with Crippen LogP contribution in [0.2, 0.25) is 0 Å². The van der Waals surface area contributed by atoms with Gasteiger partial charge in [0.25, 0.3) is 0 Å². The van der Waals surface area contributed by atoms with Gasteiger partial charge in [0.1, 0.15) is 5.60 Å². The molecule has 0 atom stereocenters. The van der Waals surface area contributed by atoms with Gasteiger partial charge in [-0.2, -0.15) is 5.01 Å². The number of fused-ring (bicyclic) bond motifs is 1. The smallest absolute Gasteiger partial charge is 0.434 e. The molecule has 0 unspecified atom stereocenters. The van der Waals surface area contributed by atoms with E-state index < -0.39 is 27.6 Å². The monoisotopic (exact) mass is 610 g/mol. The average Bonchev–Trinajstić information content (AvgIpc) is 3.20. The lowest BCUT2D eigenvalue weighted by molar-refractivity contribution is -0.129. The van der Waals surface area contributed by atoms with E-state index in [1.807, 2.05) is 44.0 Å². The summed E-state index contributed by atoms with van der Waals surface area (Å²) in [7, 11) is -3.52. The average molecular weight is 612 g/mol. The third-order valence-electron chi connectivity index (χ3n) is 5.87. The van der Waals surface area contributed by atoms with Gasteiger partial charge in [0.2, 0.25) is 15.9 Å². The summed E-state index contributed by atoms with van der Waals surface area (Å²) in [6.45, 7) is 6.19. The molecule has 2 N–H and O–H groups in total. The molecule has 0 saturated heterocycles. The third kappa shape index (κ3) is 7.84. The molecule has 2 amide bonds. The molecule has 0 aromatic heterocycles. The highest BCUT2D eigenvalue weighted by Gasteiger charge is 2.35. The molecule has 1 heterocycles. The number of hydrazine groups is 1. The second-order valence-corrected chi connectivity index (χ2v) is 13.0. The molecule has 38 heavy (non-hydrogen) atoms. The number of hydrogen-bond donors (Lipinski definition) is 2. The van der Waals surface area contributed by atoms with Crippen molar-refractivity contribution in [1.82, 2.24) is 5.48 Å². The number of hydrogen-bond acceptors (Lipinski definition) is 7. The molecule has 0 aliphatic carbocycles. The molecule has 0 spiro atoms. The van der Waals surface area contributed by atoms with E-state index in [2.05, 4.69) is 15.9 Å². The Morgan fingerprint density at radius 1 is 1.08 bits per heavy atom. The Balaban J connectivity index is 1.76. The molecular formula is C26H35BrN4O6S. The lowest BCUT2D eigenvalue weighted by Gasteiger charge is -2.32. The van der Waals surface area contributed by atoms with Gasteiger partial charge in [-0.25, -0.2) is 18.7 Å². The van der Waals surface area contributed by atoms with Crippen molar-refractivity contribution in [2.24, 2.45) is 0 Å². The maximum absolute atomic E-state index is 13.2. The summed E-state index contributed by atoms with van der Waals surface area (Å²) in [6.07, 6.45) is 3.63. The molecule has 0 fully saturated rings. The highest BCUT2D eigenvalue weighted by Crippen LogP contribution is 2.38. The number of carbonyl (C=O) groups excluding carboxylic acids is 2. The van der Waals surface area contributed by atoms with Gasteiger partial charge in [-0.3, -0.25) is 19.3 Å². The van der Waals surface area contributed by atoms with Crippen LogP contribution in [0.15, 0.2) is 46.9 Å². The van der Waals surface area contributed by atoms with Crippen LogP contribution in [0.4, 0.5) is 21.9 Å². The van der Waals surface area contributed by atoms with Crippen LogP contribution in [-0.2, 0) is 26.1 Å². The number of nitrogens with one attached hydrogen (secondary N) is 1.